The second-order valence-corrected chi connectivity index (χ2v) is 7.18. The molecule has 100 valence electrons. The van der Waals surface area contributed by atoms with Crippen LogP contribution in [0.2, 0.25) is 0 Å². The molecule has 18 heavy (non-hydrogen) atoms. The molecule has 1 heterocycles. The summed E-state index contributed by atoms with van der Waals surface area (Å²) in [5.74, 6) is 0.545. The molecule has 3 N–H and O–H groups in total. The number of nitrogens with one attached hydrogen (secondary N) is 1. The van der Waals surface area contributed by atoms with E-state index in [1.165, 1.54) is 6.42 Å². The fourth-order valence-electron chi connectivity index (χ4n) is 2.59. The smallest absolute Gasteiger partial charge is 0.240 e. The molecule has 0 radical (unpaired) electrons. The van der Waals surface area contributed by atoms with Gasteiger partial charge in [0.15, 0.2) is 0 Å². The fraction of sp³-hybridized carbons (Fsp3) is 0.615. The van der Waals surface area contributed by atoms with Gasteiger partial charge < -0.3 is 11.1 Å². The summed E-state index contributed by atoms with van der Waals surface area (Å²) in [6.07, 6.45) is 3.84. The summed E-state index contributed by atoms with van der Waals surface area (Å²) in [5.41, 5.74) is 5.58. The van der Waals surface area contributed by atoms with Crippen LogP contribution in [0, 0.1) is 5.92 Å². The van der Waals surface area contributed by atoms with Crippen molar-refractivity contribution in [1.29, 1.82) is 0 Å². The number of halogens is 1. The maximum absolute atomic E-state index is 12.2. The van der Waals surface area contributed by atoms with E-state index >= 15 is 0 Å². The van der Waals surface area contributed by atoms with E-state index in [-0.39, 0.29) is 5.91 Å². The van der Waals surface area contributed by atoms with Gasteiger partial charge in [-0.05, 0) is 40.8 Å². The molecule has 1 aromatic rings. The van der Waals surface area contributed by atoms with Crippen LogP contribution >= 0.6 is 27.3 Å². The van der Waals surface area contributed by atoms with Gasteiger partial charge in [0.1, 0.15) is 0 Å². The average Bonchev–Trinajstić information content (AvgIpc) is 2.71. The second-order valence-electron chi connectivity index (χ2n) is 5.27. The summed E-state index contributed by atoms with van der Waals surface area (Å²) in [4.78, 5) is 13.3. The van der Waals surface area contributed by atoms with Crippen molar-refractivity contribution in [3.05, 3.63) is 20.8 Å². The SMILES string of the molecule is CC1CCCC(N)(C(=O)NCc2cc(Br)cs2)C1. The van der Waals surface area contributed by atoms with Gasteiger partial charge >= 0.3 is 0 Å². The predicted octanol–water partition coefficient (Wildman–Crippen LogP) is 3.03. The molecule has 0 spiro atoms. The molecule has 1 saturated carbocycles. The van der Waals surface area contributed by atoms with Crippen LogP contribution in [-0.2, 0) is 11.3 Å². The molecular weight excluding hydrogens is 312 g/mol. The van der Waals surface area contributed by atoms with E-state index in [1.807, 2.05) is 11.4 Å². The van der Waals surface area contributed by atoms with E-state index < -0.39 is 5.54 Å². The van der Waals surface area contributed by atoms with Crippen molar-refractivity contribution in [2.45, 2.75) is 44.7 Å². The minimum Gasteiger partial charge on any atom is -0.350 e. The second kappa shape index (κ2) is 5.72. The monoisotopic (exact) mass is 330 g/mol. The highest BCUT2D eigenvalue weighted by Crippen LogP contribution is 2.30. The fourth-order valence-corrected chi connectivity index (χ4v) is 3.98. The number of rotatable bonds is 3. The highest BCUT2D eigenvalue weighted by molar-refractivity contribution is 9.10. The minimum absolute atomic E-state index is 0.00132. The normalized spacial score (nSPS) is 28.1. The number of carbonyl (C=O) groups is 1. The van der Waals surface area contributed by atoms with E-state index in [2.05, 4.69) is 28.2 Å². The summed E-state index contributed by atoms with van der Waals surface area (Å²) in [6.45, 7) is 2.74. The number of carbonyl (C=O) groups excluding carboxylic acids is 1. The molecular formula is C13H19BrN2OS. The summed E-state index contributed by atoms with van der Waals surface area (Å²) < 4.78 is 1.06. The molecule has 2 atom stereocenters. The Morgan fingerprint density at radius 3 is 3.11 bits per heavy atom. The van der Waals surface area contributed by atoms with Crippen molar-refractivity contribution in [3.8, 4) is 0 Å². The molecule has 5 heteroatoms. The zero-order chi connectivity index (χ0) is 13.2. The van der Waals surface area contributed by atoms with Crippen LogP contribution in [-0.4, -0.2) is 11.4 Å². The summed E-state index contributed by atoms with van der Waals surface area (Å²) in [5, 5.41) is 4.98. The number of amides is 1. The van der Waals surface area contributed by atoms with Crippen LogP contribution in [0.3, 0.4) is 0 Å². The lowest BCUT2D eigenvalue weighted by Gasteiger charge is -2.35. The van der Waals surface area contributed by atoms with Crippen molar-refractivity contribution in [2.24, 2.45) is 11.7 Å². The Kier molecular flexibility index (Phi) is 4.45. The zero-order valence-electron chi connectivity index (χ0n) is 10.5. The van der Waals surface area contributed by atoms with Gasteiger partial charge in [0.25, 0.3) is 0 Å². The molecule has 1 amide bonds. The van der Waals surface area contributed by atoms with Crippen molar-refractivity contribution in [1.82, 2.24) is 5.32 Å². The lowest BCUT2D eigenvalue weighted by Crippen LogP contribution is -2.56. The maximum atomic E-state index is 12.2. The average molecular weight is 331 g/mol. The highest BCUT2D eigenvalue weighted by atomic mass is 79.9. The Labute approximate surface area is 120 Å². The first-order chi connectivity index (χ1) is 8.49. The van der Waals surface area contributed by atoms with Crippen LogP contribution in [0.5, 0.6) is 0 Å². The van der Waals surface area contributed by atoms with Crippen molar-refractivity contribution >= 4 is 33.2 Å². The third kappa shape index (κ3) is 3.33. The van der Waals surface area contributed by atoms with Crippen LogP contribution < -0.4 is 11.1 Å². The lowest BCUT2D eigenvalue weighted by atomic mass is 9.76. The van der Waals surface area contributed by atoms with E-state index in [0.29, 0.717) is 12.5 Å². The molecule has 0 saturated heterocycles. The lowest BCUT2D eigenvalue weighted by molar-refractivity contribution is -0.128. The van der Waals surface area contributed by atoms with Gasteiger partial charge in [-0.25, -0.2) is 0 Å². The number of thiophene rings is 1. The largest absolute Gasteiger partial charge is 0.350 e. The molecule has 2 rings (SSSR count). The molecule has 3 nitrogen and oxygen atoms in total. The van der Waals surface area contributed by atoms with Gasteiger partial charge in [0, 0.05) is 14.7 Å². The van der Waals surface area contributed by atoms with Crippen LogP contribution in [0.15, 0.2) is 15.9 Å². The highest BCUT2D eigenvalue weighted by Gasteiger charge is 2.37. The van der Waals surface area contributed by atoms with Crippen LogP contribution in [0.4, 0.5) is 0 Å². The Bertz CT molecular complexity index is 434. The first kappa shape index (κ1) is 14.0. The Balaban J connectivity index is 1.91. The molecule has 0 aliphatic heterocycles. The third-order valence-corrected chi connectivity index (χ3v) is 5.23. The van der Waals surface area contributed by atoms with Gasteiger partial charge in [-0.2, -0.15) is 0 Å². The Morgan fingerprint density at radius 1 is 1.72 bits per heavy atom. The van der Waals surface area contributed by atoms with Gasteiger partial charge in [-0.1, -0.05) is 19.8 Å². The Morgan fingerprint density at radius 2 is 2.50 bits per heavy atom. The zero-order valence-corrected chi connectivity index (χ0v) is 12.9. The van der Waals surface area contributed by atoms with E-state index in [0.717, 1.165) is 28.6 Å². The van der Waals surface area contributed by atoms with Crippen LogP contribution in [0.1, 0.15) is 37.5 Å². The van der Waals surface area contributed by atoms with Crippen molar-refractivity contribution < 1.29 is 4.79 Å². The van der Waals surface area contributed by atoms with Gasteiger partial charge in [-0.3, -0.25) is 4.79 Å². The summed E-state index contributed by atoms with van der Waals surface area (Å²) in [6, 6.07) is 2.03. The first-order valence-electron chi connectivity index (χ1n) is 6.30. The quantitative estimate of drug-likeness (QED) is 0.894. The minimum atomic E-state index is -0.661. The molecule has 2 unspecified atom stereocenters. The molecule has 1 aliphatic carbocycles. The first-order valence-corrected chi connectivity index (χ1v) is 7.97. The topological polar surface area (TPSA) is 55.1 Å². The summed E-state index contributed by atoms with van der Waals surface area (Å²) in [7, 11) is 0. The predicted molar refractivity (Wildman–Crippen MR) is 78.4 cm³/mol. The van der Waals surface area contributed by atoms with E-state index in [4.69, 9.17) is 5.73 Å². The summed E-state index contributed by atoms with van der Waals surface area (Å²) >= 11 is 5.04. The number of hydrogen-bond donors (Lipinski definition) is 2. The standard InChI is InChI=1S/C13H19BrN2OS/c1-9-3-2-4-13(15,6-9)12(17)16-7-11-5-10(14)8-18-11/h5,8-9H,2-4,6-7,15H2,1H3,(H,16,17). The molecule has 0 bridgehead atoms. The van der Waals surface area contributed by atoms with Crippen LogP contribution in [0.25, 0.3) is 0 Å². The number of nitrogens with two attached hydrogens (primary N) is 1. The molecule has 1 fully saturated rings. The Hall–Kier alpha value is -0.390. The van der Waals surface area contributed by atoms with Crippen molar-refractivity contribution in [3.63, 3.8) is 0 Å². The van der Waals surface area contributed by atoms with Gasteiger partial charge in [0.2, 0.25) is 5.91 Å². The maximum Gasteiger partial charge on any atom is 0.240 e. The van der Waals surface area contributed by atoms with Gasteiger partial charge in [0.05, 0.1) is 12.1 Å². The molecule has 1 aromatic heterocycles. The van der Waals surface area contributed by atoms with E-state index in [9.17, 15) is 4.79 Å². The number of hydrogen-bond acceptors (Lipinski definition) is 3. The molecule has 1 aliphatic rings. The third-order valence-electron chi connectivity index (χ3n) is 3.53. The van der Waals surface area contributed by atoms with Crippen molar-refractivity contribution in [2.75, 3.05) is 0 Å². The van der Waals surface area contributed by atoms with Gasteiger partial charge in [-0.15, -0.1) is 11.3 Å². The molecule has 0 aromatic carbocycles. The van der Waals surface area contributed by atoms with E-state index in [1.54, 1.807) is 11.3 Å².